The largest absolute Gasteiger partial charge is 0.354 e. The highest BCUT2D eigenvalue weighted by atomic mass is 32.2. The molecule has 0 radical (unpaired) electrons. The molecule has 0 bridgehead atoms. The van der Waals surface area contributed by atoms with Crippen molar-refractivity contribution in [2.45, 2.75) is 13.3 Å². The molecule has 9 heteroatoms. The van der Waals surface area contributed by atoms with Gasteiger partial charge in [-0.1, -0.05) is 6.92 Å². The molecule has 21 heavy (non-hydrogen) atoms. The van der Waals surface area contributed by atoms with Crippen LogP contribution in [0.25, 0.3) is 0 Å². The smallest absolute Gasteiger partial charge is 0.232 e. The van der Waals surface area contributed by atoms with Crippen molar-refractivity contribution < 1.29 is 26.4 Å². The van der Waals surface area contributed by atoms with Gasteiger partial charge < -0.3 is 5.32 Å². The first-order valence-corrected chi connectivity index (χ1v) is 7.91. The Morgan fingerprint density at radius 1 is 1.24 bits per heavy atom. The molecular formula is C12H15F3N2O3S. The third kappa shape index (κ3) is 4.35. The predicted octanol–water partition coefficient (Wildman–Crippen LogP) is 1.40. The summed E-state index contributed by atoms with van der Waals surface area (Å²) < 4.78 is 63.7. The number of carbonyl (C=O) groups excluding carboxylic acids is 1. The second-order valence-corrected chi connectivity index (χ2v) is 6.14. The zero-order valence-electron chi connectivity index (χ0n) is 11.5. The molecule has 118 valence electrons. The fourth-order valence-corrected chi connectivity index (χ4v) is 2.52. The third-order valence-corrected chi connectivity index (χ3v) is 3.82. The van der Waals surface area contributed by atoms with Gasteiger partial charge in [0.15, 0.2) is 17.5 Å². The Morgan fingerprint density at radius 3 is 2.38 bits per heavy atom. The number of benzene rings is 1. The van der Waals surface area contributed by atoms with Crippen molar-refractivity contribution in [3.05, 3.63) is 29.6 Å². The van der Waals surface area contributed by atoms with E-state index in [9.17, 15) is 26.4 Å². The molecule has 0 fully saturated rings. The highest BCUT2D eigenvalue weighted by Gasteiger charge is 2.24. The lowest BCUT2D eigenvalue weighted by atomic mass is 10.3. The van der Waals surface area contributed by atoms with Crippen molar-refractivity contribution >= 4 is 21.6 Å². The van der Waals surface area contributed by atoms with Crippen LogP contribution >= 0.6 is 0 Å². The monoisotopic (exact) mass is 324 g/mol. The molecule has 1 aromatic rings. The van der Waals surface area contributed by atoms with Crippen molar-refractivity contribution in [1.29, 1.82) is 0 Å². The molecule has 0 atom stereocenters. The number of carbonyl (C=O) groups is 1. The molecule has 0 saturated carbocycles. The minimum Gasteiger partial charge on any atom is -0.354 e. The molecule has 0 unspecified atom stereocenters. The van der Waals surface area contributed by atoms with E-state index >= 15 is 0 Å². The van der Waals surface area contributed by atoms with Gasteiger partial charge in [0.1, 0.15) is 0 Å². The van der Waals surface area contributed by atoms with Gasteiger partial charge in [0.2, 0.25) is 15.9 Å². The number of sulfonamides is 1. The Bertz CT molecular complexity index is 635. The van der Waals surface area contributed by atoms with Gasteiger partial charge in [-0.05, 0) is 12.1 Å². The van der Waals surface area contributed by atoms with Crippen LogP contribution in [0.3, 0.4) is 0 Å². The number of rotatable bonds is 6. The van der Waals surface area contributed by atoms with E-state index in [0.29, 0.717) is 10.4 Å². The fraction of sp³-hybridized carbons (Fsp3) is 0.417. The van der Waals surface area contributed by atoms with Gasteiger partial charge in [0.05, 0.1) is 18.5 Å². The quantitative estimate of drug-likeness (QED) is 0.804. The zero-order chi connectivity index (χ0) is 16.2. The lowest BCUT2D eigenvalue weighted by Crippen LogP contribution is -2.38. The lowest BCUT2D eigenvalue weighted by molar-refractivity contribution is -0.120. The Balaban J connectivity index is 3.05. The molecular weight excluding hydrogens is 309 g/mol. The number of hydrogen-bond acceptors (Lipinski definition) is 3. The van der Waals surface area contributed by atoms with Crippen molar-refractivity contribution in [3.63, 3.8) is 0 Å². The summed E-state index contributed by atoms with van der Waals surface area (Å²) in [6.45, 7) is 1.23. The average Bonchev–Trinajstić information content (AvgIpc) is 2.40. The van der Waals surface area contributed by atoms with Gasteiger partial charge in [0, 0.05) is 13.0 Å². The van der Waals surface area contributed by atoms with E-state index in [2.05, 4.69) is 5.32 Å². The van der Waals surface area contributed by atoms with E-state index in [1.54, 1.807) is 6.92 Å². The second kappa shape index (κ2) is 6.79. The van der Waals surface area contributed by atoms with Crippen LogP contribution < -0.4 is 9.62 Å². The molecule has 1 aromatic carbocycles. The van der Waals surface area contributed by atoms with E-state index < -0.39 is 33.2 Å². The van der Waals surface area contributed by atoms with E-state index in [1.807, 2.05) is 0 Å². The highest BCUT2D eigenvalue weighted by molar-refractivity contribution is 7.92. The van der Waals surface area contributed by atoms with Crippen LogP contribution in [0.4, 0.5) is 18.9 Å². The van der Waals surface area contributed by atoms with Crippen LogP contribution in [-0.4, -0.2) is 33.7 Å². The third-order valence-electron chi connectivity index (χ3n) is 2.64. The molecule has 1 rings (SSSR count). The normalized spacial score (nSPS) is 11.3. The summed E-state index contributed by atoms with van der Waals surface area (Å²) in [6, 6.07) is 1.47. The molecule has 1 amide bonds. The maximum absolute atomic E-state index is 13.7. The van der Waals surface area contributed by atoms with Gasteiger partial charge in [-0.2, -0.15) is 0 Å². The van der Waals surface area contributed by atoms with Crippen molar-refractivity contribution in [2.75, 3.05) is 23.7 Å². The summed E-state index contributed by atoms with van der Waals surface area (Å²) in [5.41, 5.74) is -0.609. The van der Waals surface area contributed by atoms with E-state index in [0.717, 1.165) is 12.3 Å². The number of halogens is 3. The minimum atomic E-state index is -3.92. The molecule has 0 aromatic heterocycles. The van der Waals surface area contributed by atoms with Gasteiger partial charge in [0.25, 0.3) is 0 Å². The first-order chi connectivity index (χ1) is 9.68. The molecule has 5 nitrogen and oxygen atoms in total. The van der Waals surface area contributed by atoms with Crippen LogP contribution in [-0.2, 0) is 14.8 Å². The molecule has 0 aliphatic rings. The first-order valence-electron chi connectivity index (χ1n) is 6.06. The van der Waals surface area contributed by atoms with Crippen LogP contribution in [0.2, 0.25) is 0 Å². The average molecular weight is 324 g/mol. The molecule has 0 spiro atoms. The molecule has 0 saturated heterocycles. The fourth-order valence-electron chi connectivity index (χ4n) is 1.60. The maximum atomic E-state index is 13.7. The number of amides is 1. The van der Waals surface area contributed by atoms with Gasteiger partial charge in [-0.3, -0.25) is 9.10 Å². The highest BCUT2D eigenvalue weighted by Crippen LogP contribution is 2.25. The summed E-state index contributed by atoms with van der Waals surface area (Å²) in [5, 5.41) is 2.41. The Morgan fingerprint density at radius 2 is 1.86 bits per heavy atom. The van der Waals surface area contributed by atoms with Crippen molar-refractivity contribution in [1.82, 2.24) is 5.32 Å². The SMILES string of the molecule is CCC(=O)NCCN(c1ccc(F)c(F)c1F)S(C)(=O)=O. The van der Waals surface area contributed by atoms with Crippen LogP contribution in [0.15, 0.2) is 12.1 Å². The Hall–Kier alpha value is -1.77. The van der Waals surface area contributed by atoms with Crippen molar-refractivity contribution in [3.8, 4) is 0 Å². The minimum absolute atomic E-state index is 0.0851. The predicted molar refractivity (Wildman–Crippen MR) is 71.8 cm³/mol. The summed E-state index contributed by atoms with van der Waals surface area (Å²) in [4.78, 5) is 11.1. The van der Waals surface area contributed by atoms with E-state index in [1.165, 1.54) is 0 Å². The van der Waals surface area contributed by atoms with E-state index in [-0.39, 0.29) is 25.4 Å². The van der Waals surface area contributed by atoms with Gasteiger partial charge >= 0.3 is 0 Å². The standard InChI is InChI=1S/C12H15F3N2O3S/c1-3-10(18)16-6-7-17(21(2,19)20)9-5-4-8(13)11(14)12(9)15/h4-5H,3,6-7H2,1-2H3,(H,16,18). The molecule has 0 aliphatic carbocycles. The summed E-state index contributed by atoms with van der Waals surface area (Å²) in [5.74, 6) is -5.07. The maximum Gasteiger partial charge on any atom is 0.232 e. The zero-order valence-corrected chi connectivity index (χ0v) is 12.3. The summed E-state index contributed by atoms with van der Waals surface area (Å²) >= 11 is 0. The van der Waals surface area contributed by atoms with Crippen LogP contribution in [0.1, 0.15) is 13.3 Å². The topological polar surface area (TPSA) is 66.5 Å². The summed E-state index contributed by atoms with van der Waals surface area (Å²) in [6.07, 6.45) is 1.01. The number of hydrogen-bond donors (Lipinski definition) is 1. The molecule has 0 aliphatic heterocycles. The lowest BCUT2D eigenvalue weighted by Gasteiger charge is -2.23. The Labute approximate surface area is 120 Å². The number of anilines is 1. The van der Waals surface area contributed by atoms with Crippen LogP contribution in [0.5, 0.6) is 0 Å². The van der Waals surface area contributed by atoms with Gasteiger partial charge in [-0.25, -0.2) is 21.6 Å². The first kappa shape index (κ1) is 17.3. The summed E-state index contributed by atoms with van der Waals surface area (Å²) in [7, 11) is -3.92. The van der Waals surface area contributed by atoms with Crippen LogP contribution in [0, 0.1) is 17.5 Å². The Kier molecular flexibility index (Phi) is 5.59. The van der Waals surface area contributed by atoms with E-state index in [4.69, 9.17) is 0 Å². The molecule has 0 heterocycles. The number of nitrogens with zero attached hydrogens (tertiary/aromatic N) is 1. The second-order valence-electron chi connectivity index (χ2n) is 4.23. The molecule has 1 N–H and O–H groups in total. The van der Waals surface area contributed by atoms with Gasteiger partial charge in [-0.15, -0.1) is 0 Å². The number of nitrogens with one attached hydrogen (secondary N) is 1. The van der Waals surface area contributed by atoms with Crippen molar-refractivity contribution in [2.24, 2.45) is 0 Å².